The van der Waals surface area contributed by atoms with Crippen molar-refractivity contribution in [2.45, 2.75) is 12.3 Å². The van der Waals surface area contributed by atoms with Gasteiger partial charge < -0.3 is 0 Å². The van der Waals surface area contributed by atoms with E-state index in [1.165, 1.54) is 12.0 Å². The van der Waals surface area contributed by atoms with Crippen molar-refractivity contribution in [2.75, 3.05) is 0 Å². The number of benzene rings is 1. The van der Waals surface area contributed by atoms with E-state index in [0.29, 0.717) is 0 Å². The minimum atomic E-state index is 0. The molecule has 1 aliphatic rings. The summed E-state index contributed by atoms with van der Waals surface area (Å²) < 4.78 is 0. The molecule has 1 fully saturated rings. The molecule has 0 saturated heterocycles. The zero-order chi connectivity index (χ0) is 6.10. The SMILES string of the molecule is [CH]1CC1c1ccccc1.[Fe]. The third-order valence-electron chi connectivity index (χ3n) is 1.70. The van der Waals surface area contributed by atoms with Crippen LogP contribution in [0.5, 0.6) is 0 Å². The fourth-order valence-electron chi connectivity index (χ4n) is 1.04. The van der Waals surface area contributed by atoms with Crippen LogP contribution in [-0.2, 0) is 17.1 Å². The molecule has 1 atom stereocenters. The van der Waals surface area contributed by atoms with E-state index >= 15 is 0 Å². The molecule has 0 nitrogen and oxygen atoms in total. The summed E-state index contributed by atoms with van der Waals surface area (Å²) >= 11 is 0. The molecular weight excluding hydrogens is 164 g/mol. The Balaban J connectivity index is 0.000000500. The minimum absolute atomic E-state index is 0. The van der Waals surface area contributed by atoms with Crippen LogP contribution in [0.2, 0.25) is 0 Å². The van der Waals surface area contributed by atoms with E-state index in [1.807, 2.05) is 0 Å². The Bertz CT molecular complexity index is 189. The van der Waals surface area contributed by atoms with Gasteiger partial charge in [0.1, 0.15) is 0 Å². The van der Waals surface area contributed by atoms with Crippen LogP contribution in [0.4, 0.5) is 0 Å². The third-order valence-corrected chi connectivity index (χ3v) is 1.70. The summed E-state index contributed by atoms with van der Waals surface area (Å²) in [4.78, 5) is 0. The van der Waals surface area contributed by atoms with E-state index in [-0.39, 0.29) is 17.1 Å². The van der Waals surface area contributed by atoms with Gasteiger partial charge in [0.15, 0.2) is 0 Å². The largest absolute Gasteiger partial charge is 0.0622 e. The van der Waals surface area contributed by atoms with Crippen LogP contribution in [0.15, 0.2) is 30.3 Å². The Morgan fingerprint density at radius 2 is 1.70 bits per heavy atom. The molecule has 1 aromatic rings. The summed E-state index contributed by atoms with van der Waals surface area (Å²) in [7, 11) is 0. The topological polar surface area (TPSA) is 0 Å². The summed E-state index contributed by atoms with van der Waals surface area (Å²) in [5, 5.41) is 0. The van der Waals surface area contributed by atoms with Gasteiger partial charge in [-0.05, 0) is 24.3 Å². The van der Waals surface area contributed by atoms with Crippen molar-refractivity contribution in [1.82, 2.24) is 0 Å². The molecular formula is C9H9Fe. The molecule has 0 bridgehead atoms. The molecule has 1 aromatic carbocycles. The Hall–Kier alpha value is -0.261. The fourth-order valence-corrected chi connectivity index (χ4v) is 1.04. The molecule has 10 heavy (non-hydrogen) atoms. The van der Waals surface area contributed by atoms with E-state index in [2.05, 4.69) is 36.8 Å². The van der Waals surface area contributed by atoms with Crippen molar-refractivity contribution >= 4 is 0 Å². The van der Waals surface area contributed by atoms with E-state index in [1.54, 1.807) is 0 Å². The molecule has 0 amide bonds. The molecule has 0 spiro atoms. The van der Waals surface area contributed by atoms with Crippen LogP contribution in [0, 0.1) is 6.42 Å². The van der Waals surface area contributed by atoms with Gasteiger partial charge in [-0.15, -0.1) is 0 Å². The molecule has 2 rings (SSSR count). The normalized spacial score (nSPS) is 16.0. The fraction of sp³-hybridized carbons (Fsp3) is 0.222. The first-order valence-corrected chi connectivity index (χ1v) is 3.35. The molecule has 0 aliphatic heterocycles. The predicted octanol–water partition coefficient (Wildman–Crippen LogP) is 2.38. The van der Waals surface area contributed by atoms with Crippen LogP contribution in [0.25, 0.3) is 0 Å². The molecule has 0 heterocycles. The molecule has 1 radical (unpaired) electrons. The predicted molar refractivity (Wildman–Crippen MR) is 38.1 cm³/mol. The van der Waals surface area contributed by atoms with Gasteiger partial charge in [-0.1, -0.05) is 30.3 Å². The third kappa shape index (κ3) is 1.62. The first-order chi connectivity index (χ1) is 4.47. The van der Waals surface area contributed by atoms with Crippen LogP contribution in [0.1, 0.15) is 17.9 Å². The van der Waals surface area contributed by atoms with E-state index in [0.717, 1.165) is 5.92 Å². The number of rotatable bonds is 1. The summed E-state index contributed by atoms with van der Waals surface area (Å²) in [5.41, 5.74) is 1.47. The summed E-state index contributed by atoms with van der Waals surface area (Å²) in [6.45, 7) is 0. The zero-order valence-electron chi connectivity index (χ0n) is 5.60. The standard InChI is InChI=1S/C9H9.Fe/c1-2-4-8(5-3-1)9-6-7-9;/h1-6,9H,7H2;. The van der Waals surface area contributed by atoms with Crippen LogP contribution >= 0.6 is 0 Å². The van der Waals surface area contributed by atoms with Gasteiger partial charge in [-0.2, -0.15) is 0 Å². The second-order valence-electron chi connectivity index (χ2n) is 2.49. The summed E-state index contributed by atoms with van der Waals surface area (Å²) in [6.07, 6.45) is 3.61. The van der Waals surface area contributed by atoms with Gasteiger partial charge in [-0.3, -0.25) is 0 Å². The maximum Gasteiger partial charge on any atom is 0 e. The van der Waals surface area contributed by atoms with Gasteiger partial charge in [0.05, 0.1) is 0 Å². The molecule has 1 aliphatic carbocycles. The first-order valence-electron chi connectivity index (χ1n) is 3.35. The maximum absolute atomic E-state index is 2.33. The van der Waals surface area contributed by atoms with Gasteiger partial charge in [0.25, 0.3) is 0 Å². The Kier molecular flexibility index (Phi) is 2.53. The van der Waals surface area contributed by atoms with Crippen molar-refractivity contribution in [1.29, 1.82) is 0 Å². The first kappa shape index (κ1) is 7.84. The van der Waals surface area contributed by atoms with Crippen molar-refractivity contribution in [3.05, 3.63) is 42.3 Å². The van der Waals surface area contributed by atoms with Gasteiger partial charge in [-0.25, -0.2) is 0 Å². The Labute approximate surface area is 72.1 Å². The smallest absolute Gasteiger partial charge is 0 e. The average Bonchev–Trinajstić information content (AvgIpc) is 2.71. The van der Waals surface area contributed by atoms with E-state index < -0.39 is 0 Å². The number of hydrogen-bond donors (Lipinski definition) is 0. The van der Waals surface area contributed by atoms with Crippen LogP contribution in [-0.4, -0.2) is 0 Å². The van der Waals surface area contributed by atoms with Crippen molar-refractivity contribution < 1.29 is 17.1 Å². The van der Waals surface area contributed by atoms with E-state index in [9.17, 15) is 0 Å². The molecule has 1 heteroatoms. The second kappa shape index (κ2) is 3.23. The average molecular weight is 173 g/mol. The molecule has 1 saturated carbocycles. The monoisotopic (exact) mass is 173 g/mol. The maximum atomic E-state index is 2.33. The molecule has 53 valence electrons. The number of hydrogen-bond acceptors (Lipinski definition) is 0. The molecule has 1 unspecified atom stereocenters. The van der Waals surface area contributed by atoms with Crippen molar-refractivity contribution in [3.63, 3.8) is 0 Å². The Morgan fingerprint density at radius 3 is 2.20 bits per heavy atom. The van der Waals surface area contributed by atoms with Gasteiger partial charge in [0, 0.05) is 17.1 Å². The molecule has 0 aromatic heterocycles. The Morgan fingerprint density at radius 1 is 1.10 bits per heavy atom. The van der Waals surface area contributed by atoms with Crippen molar-refractivity contribution in [2.24, 2.45) is 0 Å². The second-order valence-corrected chi connectivity index (χ2v) is 2.49. The van der Waals surface area contributed by atoms with Gasteiger partial charge >= 0.3 is 0 Å². The zero-order valence-corrected chi connectivity index (χ0v) is 6.71. The van der Waals surface area contributed by atoms with Crippen LogP contribution in [0.3, 0.4) is 0 Å². The molecule has 0 N–H and O–H groups in total. The van der Waals surface area contributed by atoms with Gasteiger partial charge in [0.2, 0.25) is 0 Å². The van der Waals surface area contributed by atoms with Crippen LogP contribution < -0.4 is 0 Å². The quantitative estimate of drug-likeness (QED) is 0.572. The summed E-state index contributed by atoms with van der Waals surface area (Å²) in [5.74, 6) is 0.784. The van der Waals surface area contributed by atoms with Crippen molar-refractivity contribution in [3.8, 4) is 0 Å². The minimum Gasteiger partial charge on any atom is -0.0622 e. The summed E-state index contributed by atoms with van der Waals surface area (Å²) in [6, 6.07) is 10.6. The van der Waals surface area contributed by atoms with E-state index in [4.69, 9.17) is 0 Å².